The van der Waals surface area contributed by atoms with Gasteiger partial charge in [-0.1, -0.05) is 287 Å². The Labute approximate surface area is 664 Å². The maximum atomic E-state index is 3.12. The van der Waals surface area contributed by atoms with Crippen molar-refractivity contribution in [1.29, 1.82) is 0 Å². The van der Waals surface area contributed by atoms with Gasteiger partial charge in [-0.05, 0) is 113 Å². The minimum absolute atomic E-state index is 0. The number of aromatic nitrogens is 3. The predicted octanol–water partition coefficient (Wildman–Crippen LogP) is 30.2. The van der Waals surface area contributed by atoms with Crippen LogP contribution in [0.4, 0.5) is 0 Å². The van der Waals surface area contributed by atoms with E-state index in [0.717, 1.165) is 19.6 Å². The van der Waals surface area contributed by atoms with E-state index in [9.17, 15) is 0 Å². The van der Waals surface area contributed by atoms with Gasteiger partial charge in [-0.15, -0.1) is 16.7 Å². The van der Waals surface area contributed by atoms with E-state index in [2.05, 4.69) is 257 Å². The van der Waals surface area contributed by atoms with Crippen molar-refractivity contribution < 1.29 is 63.2 Å². The Balaban J connectivity index is -0.000000287. The summed E-state index contributed by atoms with van der Waals surface area (Å²) in [7, 11) is 0. The number of aryl methyl sites for hydroxylation is 8. The zero-order chi connectivity index (χ0) is 75.3. The third-order valence-electron chi connectivity index (χ3n) is 14.8. The summed E-state index contributed by atoms with van der Waals surface area (Å²) in [6.45, 7) is 68.3. The van der Waals surface area contributed by atoms with E-state index in [1.165, 1.54) is 128 Å². The fourth-order valence-corrected chi connectivity index (χ4v) is 11.2. The summed E-state index contributed by atoms with van der Waals surface area (Å²) in [4.78, 5) is 0. The normalized spacial score (nSPS) is 8.87. The summed E-state index contributed by atoms with van der Waals surface area (Å²) >= 11 is 0. The molecule has 0 atom stereocenters. The number of hydrogen-bond acceptors (Lipinski definition) is 0. The van der Waals surface area contributed by atoms with Crippen molar-refractivity contribution in [3.63, 3.8) is 0 Å². The quantitative estimate of drug-likeness (QED) is 0.128. The van der Waals surface area contributed by atoms with Gasteiger partial charge in [0.05, 0.1) is 17.1 Å². The van der Waals surface area contributed by atoms with Crippen LogP contribution in [0.3, 0.4) is 0 Å². The molecular formula is C95H136N3W3-3. The van der Waals surface area contributed by atoms with E-state index in [-0.39, 0.29) is 63.2 Å². The number of fused-ring (bicyclic) bond motifs is 3. The maximum absolute atomic E-state index is 3.12. The van der Waals surface area contributed by atoms with Crippen LogP contribution in [0.25, 0.3) is 66.5 Å². The van der Waals surface area contributed by atoms with Gasteiger partial charge in [0.2, 0.25) is 0 Å². The zero-order valence-electron chi connectivity index (χ0n) is 69.3. The van der Waals surface area contributed by atoms with Crippen molar-refractivity contribution in [2.75, 3.05) is 0 Å². The molecule has 0 saturated heterocycles. The third-order valence-corrected chi connectivity index (χ3v) is 14.8. The molecule has 0 amide bonds. The molecule has 0 bridgehead atoms. The van der Waals surface area contributed by atoms with Gasteiger partial charge in [-0.2, -0.15) is 91.0 Å². The molecule has 3 nitrogen and oxygen atoms in total. The van der Waals surface area contributed by atoms with Crippen molar-refractivity contribution in [2.45, 2.75) is 241 Å². The van der Waals surface area contributed by atoms with Crippen LogP contribution < -0.4 is 0 Å². The monoisotopic (exact) mass is 1870 g/mol. The molecule has 101 heavy (non-hydrogen) atoms. The summed E-state index contributed by atoms with van der Waals surface area (Å²) in [5, 5.41) is 4.00. The minimum atomic E-state index is 0. The molecule has 552 valence electrons. The number of rotatable bonds is 9. The molecule has 6 heteroatoms. The van der Waals surface area contributed by atoms with E-state index >= 15 is 0 Å². The Hall–Kier alpha value is -6.34. The SMILES string of the molecule is CC.CC.CC.CC.CC.CC.CC.CC.CC.CC.CC.CC.Cc1ccc(-c2c(C)c3ccccc3n2Cc2cc[c-]cc2)c(C)c1.Cc1cccc(C)c1-c1c(C)c2ccccc2n1Cc1cc[c-]cc1.Cc1ccccc1-c1c(C)c2ccccc2n1Cc1cc[c-]cc1.[W].[W].[W]. The van der Waals surface area contributed by atoms with Crippen molar-refractivity contribution in [1.82, 2.24) is 13.7 Å². The smallest absolute Gasteiger partial charge is 0.0528 e. The second-order valence-electron chi connectivity index (χ2n) is 19.9. The average Bonchev–Trinajstić information content (AvgIpc) is 1.63. The molecule has 0 unspecified atom stereocenters. The van der Waals surface area contributed by atoms with Crippen molar-refractivity contribution in [3.05, 3.63) is 286 Å². The Morgan fingerprint density at radius 2 is 0.505 bits per heavy atom. The van der Waals surface area contributed by atoms with Crippen LogP contribution >= 0.6 is 0 Å². The first kappa shape index (κ1) is 106. The van der Waals surface area contributed by atoms with Crippen LogP contribution in [0, 0.1) is 73.6 Å². The average molecular weight is 1870 g/mol. The minimum Gasteiger partial charge on any atom is -0.338 e. The van der Waals surface area contributed by atoms with Gasteiger partial charge in [-0.25, -0.2) is 0 Å². The van der Waals surface area contributed by atoms with Crippen molar-refractivity contribution >= 4 is 32.7 Å². The molecule has 0 fully saturated rings. The number of benzene rings is 9. The summed E-state index contributed by atoms with van der Waals surface area (Å²) in [6.07, 6.45) is 0. The first-order valence-corrected chi connectivity index (χ1v) is 37.9. The summed E-state index contributed by atoms with van der Waals surface area (Å²) < 4.78 is 7.37. The van der Waals surface area contributed by atoms with E-state index in [1.54, 1.807) is 0 Å². The first-order valence-electron chi connectivity index (χ1n) is 37.9. The molecule has 0 N–H and O–H groups in total. The van der Waals surface area contributed by atoms with Crippen LogP contribution in [0.1, 0.15) is 227 Å². The molecule has 0 saturated carbocycles. The zero-order valence-corrected chi connectivity index (χ0v) is 78.1. The van der Waals surface area contributed by atoms with Crippen LogP contribution in [0.15, 0.2) is 206 Å². The summed E-state index contributed by atoms with van der Waals surface area (Å²) in [5.41, 5.74) is 26.4. The van der Waals surface area contributed by atoms with Gasteiger partial charge in [0.1, 0.15) is 0 Å². The molecule has 3 heterocycles. The van der Waals surface area contributed by atoms with Crippen LogP contribution in [0.2, 0.25) is 0 Å². The Morgan fingerprint density at radius 1 is 0.248 bits per heavy atom. The summed E-state index contributed by atoms with van der Waals surface area (Å²) in [6, 6.07) is 82.3. The third kappa shape index (κ3) is 30.5. The summed E-state index contributed by atoms with van der Waals surface area (Å²) in [5.74, 6) is 0. The molecular weight excluding hydrogens is 1730 g/mol. The molecule has 9 aromatic carbocycles. The van der Waals surface area contributed by atoms with E-state index < -0.39 is 0 Å². The number of para-hydroxylation sites is 3. The molecule has 0 radical (unpaired) electrons. The molecule has 0 aliphatic carbocycles. The van der Waals surface area contributed by atoms with Gasteiger partial charge in [0.15, 0.2) is 0 Å². The van der Waals surface area contributed by atoms with Crippen LogP contribution in [0.5, 0.6) is 0 Å². The van der Waals surface area contributed by atoms with Gasteiger partial charge in [0, 0.05) is 132 Å². The van der Waals surface area contributed by atoms with Gasteiger partial charge >= 0.3 is 0 Å². The number of nitrogens with zero attached hydrogens (tertiary/aromatic N) is 3. The van der Waals surface area contributed by atoms with Gasteiger partial charge in [0.25, 0.3) is 0 Å². The Kier molecular flexibility index (Phi) is 67.5. The molecule has 0 spiro atoms. The molecule has 0 aliphatic rings. The predicted molar refractivity (Wildman–Crippen MR) is 449 cm³/mol. The molecule has 3 aromatic heterocycles. The van der Waals surface area contributed by atoms with Crippen molar-refractivity contribution in [3.8, 4) is 33.8 Å². The Morgan fingerprint density at radius 3 is 0.812 bits per heavy atom. The standard InChI is InChI=1S/2C24H22N.C23H20N.12C2H6.3W/c1-17-10-9-11-18(2)23(17)24-19(3)21-14-7-8-15-22(21)25(24)16-20-12-5-4-6-13-20;1-17-13-14-21(18(2)15-17)24-19(3)22-11-7-8-12-23(22)25(24)16-20-9-5-4-6-10-20;1-17-10-6-7-13-20(17)23-18(2)21-14-8-9-15-22(21)24(23)16-19-11-4-3-5-12-19;12*1-2;;;/h2*5-15H,16H2,1-3H3;4-15H,16H2,1-2H3;12*1-2H3;;;/q3*-1;;;;;;;;;;;;;;;. The van der Waals surface area contributed by atoms with E-state index in [1.807, 2.05) is 203 Å². The molecule has 12 rings (SSSR count). The van der Waals surface area contributed by atoms with E-state index in [4.69, 9.17) is 0 Å². The molecule has 12 aromatic rings. The largest absolute Gasteiger partial charge is 0.338 e. The van der Waals surface area contributed by atoms with Crippen LogP contribution in [-0.4, -0.2) is 13.7 Å². The van der Waals surface area contributed by atoms with Gasteiger partial charge < -0.3 is 13.7 Å². The molecule has 0 aliphatic heterocycles. The Bertz CT molecular complexity index is 3880. The van der Waals surface area contributed by atoms with Crippen LogP contribution in [-0.2, 0) is 82.8 Å². The second-order valence-corrected chi connectivity index (χ2v) is 19.9. The maximum Gasteiger partial charge on any atom is 0.0528 e. The van der Waals surface area contributed by atoms with Crippen molar-refractivity contribution in [2.24, 2.45) is 0 Å². The fraction of sp³-hybridized carbons (Fsp3) is 0.368. The first-order chi connectivity index (χ1) is 48.1. The fourth-order valence-electron chi connectivity index (χ4n) is 11.2. The number of hydrogen-bond donors (Lipinski definition) is 0. The second kappa shape index (κ2) is 64.5. The van der Waals surface area contributed by atoms with E-state index in [0.29, 0.717) is 0 Å². The topological polar surface area (TPSA) is 14.8 Å². The van der Waals surface area contributed by atoms with Gasteiger partial charge in [-0.3, -0.25) is 0 Å².